The minimum Gasteiger partial charge on any atom is -0.454 e. The Bertz CT molecular complexity index is 474. The van der Waals surface area contributed by atoms with Crippen molar-refractivity contribution < 1.29 is 9.47 Å². The Balaban J connectivity index is 2.13. The molecule has 76 valence electrons. The van der Waals surface area contributed by atoms with Gasteiger partial charge in [0.1, 0.15) is 0 Å². The number of nitrogens with zero attached hydrogens (tertiary/aromatic N) is 1. The fourth-order valence-corrected chi connectivity index (χ4v) is 2.10. The summed E-state index contributed by atoms with van der Waals surface area (Å²) in [6, 6.07) is 6.01. The molecule has 1 heterocycles. The summed E-state index contributed by atoms with van der Waals surface area (Å²) in [6.07, 6.45) is 1.80. The normalized spacial score (nSPS) is 19.7. The van der Waals surface area contributed by atoms with E-state index in [9.17, 15) is 0 Å². The summed E-state index contributed by atoms with van der Waals surface area (Å²) in [5.74, 6) is 1.24. The van der Waals surface area contributed by atoms with E-state index in [2.05, 4.69) is 6.07 Å². The van der Waals surface area contributed by atoms with Crippen molar-refractivity contribution in [3.8, 4) is 17.6 Å². The average molecular weight is 222 g/mol. The zero-order chi connectivity index (χ0) is 10.5. The fraction of sp³-hybridized carbons (Fsp3) is 0.364. The van der Waals surface area contributed by atoms with Crippen molar-refractivity contribution in [3.63, 3.8) is 0 Å². The van der Waals surface area contributed by atoms with Crippen LogP contribution < -0.4 is 9.47 Å². The van der Waals surface area contributed by atoms with Crippen LogP contribution in [0.2, 0.25) is 5.02 Å². The molecule has 0 bridgehead atoms. The van der Waals surface area contributed by atoms with Gasteiger partial charge >= 0.3 is 0 Å². The molecular formula is C11H8ClNO2. The lowest BCUT2D eigenvalue weighted by Crippen LogP contribution is -2.02. The van der Waals surface area contributed by atoms with Crippen molar-refractivity contribution in [2.45, 2.75) is 18.3 Å². The third-order valence-corrected chi connectivity index (χ3v) is 3.22. The van der Waals surface area contributed by atoms with E-state index in [1.54, 1.807) is 0 Å². The summed E-state index contributed by atoms with van der Waals surface area (Å²) in [4.78, 5) is 0. The van der Waals surface area contributed by atoms with Crippen LogP contribution in [0.15, 0.2) is 12.1 Å². The minimum absolute atomic E-state index is 0.206. The Morgan fingerprint density at radius 1 is 1.33 bits per heavy atom. The maximum absolute atomic E-state index is 9.08. The molecule has 3 rings (SSSR count). The second kappa shape index (κ2) is 2.80. The molecule has 1 aromatic rings. The second-order valence-corrected chi connectivity index (χ2v) is 4.29. The molecule has 3 nitrogen and oxygen atoms in total. The molecule has 1 fully saturated rings. The molecule has 0 amide bonds. The third-order valence-electron chi connectivity index (χ3n) is 2.94. The Morgan fingerprint density at radius 2 is 2.13 bits per heavy atom. The Morgan fingerprint density at radius 3 is 2.80 bits per heavy atom. The molecular weight excluding hydrogens is 214 g/mol. The fourth-order valence-electron chi connectivity index (χ4n) is 1.83. The number of hydrogen-bond acceptors (Lipinski definition) is 3. The van der Waals surface area contributed by atoms with E-state index in [1.807, 2.05) is 12.1 Å². The first-order chi connectivity index (χ1) is 7.25. The van der Waals surface area contributed by atoms with Crippen molar-refractivity contribution in [1.29, 1.82) is 5.26 Å². The van der Waals surface area contributed by atoms with Crippen LogP contribution >= 0.6 is 11.6 Å². The maximum Gasteiger partial charge on any atom is 0.231 e. The van der Waals surface area contributed by atoms with Crippen molar-refractivity contribution in [2.75, 3.05) is 6.79 Å². The predicted molar refractivity (Wildman–Crippen MR) is 54.1 cm³/mol. The number of fused-ring (bicyclic) bond motifs is 1. The summed E-state index contributed by atoms with van der Waals surface area (Å²) >= 11 is 6.05. The first-order valence-electron chi connectivity index (χ1n) is 4.76. The molecule has 1 aromatic carbocycles. The van der Waals surface area contributed by atoms with Gasteiger partial charge in [0.2, 0.25) is 6.79 Å². The Kier molecular flexibility index (Phi) is 1.66. The highest BCUT2D eigenvalue weighted by Crippen LogP contribution is 2.51. The second-order valence-electron chi connectivity index (χ2n) is 3.89. The third kappa shape index (κ3) is 1.18. The summed E-state index contributed by atoms with van der Waals surface area (Å²) < 4.78 is 10.5. The largest absolute Gasteiger partial charge is 0.454 e. The number of rotatable bonds is 1. The zero-order valence-corrected chi connectivity index (χ0v) is 8.67. The van der Waals surface area contributed by atoms with Crippen LogP contribution in [-0.4, -0.2) is 6.79 Å². The van der Waals surface area contributed by atoms with Crippen molar-refractivity contribution >= 4 is 11.6 Å². The number of halogens is 1. The molecule has 0 N–H and O–H groups in total. The van der Waals surface area contributed by atoms with E-state index >= 15 is 0 Å². The summed E-state index contributed by atoms with van der Waals surface area (Å²) in [5, 5.41) is 9.61. The average Bonchev–Trinajstić information content (AvgIpc) is 2.90. The molecule has 0 saturated heterocycles. The number of benzene rings is 1. The van der Waals surface area contributed by atoms with Crippen LogP contribution in [0, 0.1) is 11.3 Å². The van der Waals surface area contributed by atoms with Crippen LogP contribution in [0.1, 0.15) is 18.4 Å². The van der Waals surface area contributed by atoms with E-state index in [0.29, 0.717) is 16.5 Å². The lowest BCUT2D eigenvalue weighted by Gasteiger charge is -2.08. The predicted octanol–water partition coefficient (Wildman–Crippen LogP) is 2.62. The monoisotopic (exact) mass is 221 g/mol. The van der Waals surface area contributed by atoms with Crippen LogP contribution in [0.25, 0.3) is 0 Å². The standard InChI is InChI=1S/C11H8ClNO2/c12-8-3-7(11(5-13)1-2-11)4-9-10(8)15-6-14-9/h3-4H,1-2,6H2. The van der Waals surface area contributed by atoms with E-state index in [0.717, 1.165) is 18.4 Å². The van der Waals surface area contributed by atoms with E-state index < -0.39 is 0 Å². The van der Waals surface area contributed by atoms with E-state index in [4.69, 9.17) is 26.3 Å². The van der Waals surface area contributed by atoms with Gasteiger partial charge in [-0.2, -0.15) is 5.26 Å². The van der Waals surface area contributed by atoms with Crippen molar-refractivity contribution in [2.24, 2.45) is 0 Å². The minimum atomic E-state index is -0.329. The molecule has 2 aliphatic rings. The summed E-state index contributed by atoms with van der Waals surface area (Å²) in [6.45, 7) is 0.206. The van der Waals surface area contributed by atoms with Crippen LogP contribution in [0.5, 0.6) is 11.5 Å². The summed E-state index contributed by atoms with van der Waals surface area (Å²) in [5.41, 5.74) is 0.615. The first-order valence-corrected chi connectivity index (χ1v) is 5.14. The van der Waals surface area contributed by atoms with Gasteiger partial charge in [0.25, 0.3) is 0 Å². The molecule has 0 radical (unpaired) electrons. The Hall–Kier alpha value is -1.40. The van der Waals surface area contributed by atoms with Gasteiger partial charge in [-0.05, 0) is 30.5 Å². The molecule has 1 aliphatic carbocycles. The van der Waals surface area contributed by atoms with Gasteiger partial charge in [-0.1, -0.05) is 11.6 Å². The number of hydrogen-bond donors (Lipinski definition) is 0. The van der Waals surface area contributed by atoms with E-state index in [-0.39, 0.29) is 12.2 Å². The van der Waals surface area contributed by atoms with Crippen LogP contribution in [0.3, 0.4) is 0 Å². The Labute approximate surface area is 92.2 Å². The first kappa shape index (κ1) is 8.87. The smallest absolute Gasteiger partial charge is 0.231 e. The molecule has 0 atom stereocenters. The number of ether oxygens (including phenoxy) is 2. The number of nitriles is 1. The van der Waals surface area contributed by atoms with Gasteiger partial charge < -0.3 is 9.47 Å². The van der Waals surface area contributed by atoms with Crippen LogP contribution in [-0.2, 0) is 5.41 Å². The summed E-state index contributed by atoms with van der Waals surface area (Å²) in [7, 11) is 0. The van der Waals surface area contributed by atoms with Gasteiger partial charge in [-0.25, -0.2) is 0 Å². The van der Waals surface area contributed by atoms with Gasteiger partial charge in [0, 0.05) is 0 Å². The van der Waals surface area contributed by atoms with E-state index in [1.165, 1.54) is 0 Å². The highest BCUT2D eigenvalue weighted by Gasteiger charge is 2.45. The van der Waals surface area contributed by atoms with Gasteiger partial charge in [0.05, 0.1) is 16.5 Å². The highest BCUT2D eigenvalue weighted by molar-refractivity contribution is 6.32. The van der Waals surface area contributed by atoms with Crippen molar-refractivity contribution in [3.05, 3.63) is 22.7 Å². The maximum atomic E-state index is 9.08. The molecule has 4 heteroatoms. The molecule has 0 spiro atoms. The van der Waals surface area contributed by atoms with Gasteiger partial charge in [-0.3, -0.25) is 0 Å². The molecule has 1 aliphatic heterocycles. The van der Waals surface area contributed by atoms with Crippen molar-refractivity contribution in [1.82, 2.24) is 0 Å². The van der Waals surface area contributed by atoms with Gasteiger partial charge in [0.15, 0.2) is 11.5 Å². The molecule has 0 unspecified atom stereocenters. The SMILES string of the molecule is N#CC1(c2cc(Cl)c3c(c2)OCO3)CC1. The lowest BCUT2D eigenvalue weighted by atomic mass is 9.97. The zero-order valence-electron chi connectivity index (χ0n) is 7.92. The van der Waals surface area contributed by atoms with Crippen LogP contribution in [0.4, 0.5) is 0 Å². The highest BCUT2D eigenvalue weighted by atomic mass is 35.5. The molecule has 1 saturated carbocycles. The molecule has 15 heavy (non-hydrogen) atoms. The van der Waals surface area contributed by atoms with Gasteiger partial charge in [-0.15, -0.1) is 0 Å². The quantitative estimate of drug-likeness (QED) is 0.732. The lowest BCUT2D eigenvalue weighted by molar-refractivity contribution is 0.174. The molecule has 0 aromatic heterocycles. The topological polar surface area (TPSA) is 42.2 Å².